The normalized spacial score (nSPS) is 14.9. The fourth-order valence-electron chi connectivity index (χ4n) is 3.05. The van der Waals surface area contributed by atoms with E-state index in [9.17, 15) is 5.11 Å². The Morgan fingerprint density at radius 2 is 1.96 bits per heavy atom. The minimum absolute atomic E-state index is 0.165. The lowest BCUT2D eigenvalue weighted by atomic mass is 10.2. The van der Waals surface area contributed by atoms with Crippen LogP contribution >= 0.6 is 15.9 Å². The first-order valence-corrected chi connectivity index (χ1v) is 8.31. The minimum atomic E-state index is 0.165. The summed E-state index contributed by atoms with van der Waals surface area (Å²) in [6.45, 7) is 0.272. The Labute approximate surface area is 147 Å². The van der Waals surface area contributed by atoms with Crippen LogP contribution in [0.2, 0.25) is 0 Å². The van der Waals surface area contributed by atoms with Crippen molar-refractivity contribution in [3.05, 3.63) is 64.6 Å². The molecule has 1 aromatic heterocycles. The summed E-state index contributed by atoms with van der Waals surface area (Å²) in [4.78, 5) is 6.38. The molecular formula is C18H15BrN4O. The molecule has 120 valence electrons. The molecule has 0 bridgehead atoms. The monoisotopic (exact) mass is 382 g/mol. The summed E-state index contributed by atoms with van der Waals surface area (Å²) >= 11 is 3.45. The number of hydrogen-bond donors (Lipinski definition) is 2. The number of imidazole rings is 1. The molecule has 4 rings (SSSR count). The molecule has 0 unspecified atom stereocenters. The van der Waals surface area contributed by atoms with Gasteiger partial charge in [0.05, 0.1) is 23.2 Å². The van der Waals surface area contributed by atoms with Gasteiger partial charge in [0.25, 0.3) is 0 Å². The fourth-order valence-corrected chi connectivity index (χ4v) is 3.44. The molecule has 0 fully saturated rings. The van der Waals surface area contributed by atoms with Crippen LogP contribution in [0, 0.1) is 5.41 Å². The van der Waals surface area contributed by atoms with Crippen LogP contribution in [0.3, 0.4) is 0 Å². The van der Waals surface area contributed by atoms with E-state index in [2.05, 4.69) is 20.9 Å². The lowest BCUT2D eigenvalue weighted by Crippen LogP contribution is -2.26. The number of hydrogen-bond acceptors (Lipinski definition) is 3. The van der Waals surface area contributed by atoms with Crippen molar-refractivity contribution in [2.75, 3.05) is 11.4 Å². The average molecular weight is 383 g/mol. The van der Waals surface area contributed by atoms with E-state index in [0.717, 1.165) is 21.2 Å². The summed E-state index contributed by atoms with van der Waals surface area (Å²) < 4.78 is 2.85. The van der Waals surface area contributed by atoms with Crippen LogP contribution in [0.4, 0.5) is 5.69 Å². The molecule has 0 atom stereocenters. The molecule has 0 amide bonds. The number of aliphatic hydroxyl groups is 1. The van der Waals surface area contributed by atoms with E-state index >= 15 is 0 Å². The van der Waals surface area contributed by atoms with Crippen molar-refractivity contribution in [3.8, 4) is 0 Å². The van der Waals surface area contributed by atoms with E-state index in [1.165, 1.54) is 0 Å². The Morgan fingerprint density at radius 1 is 1.17 bits per heavy atom. The molecule has 0 saturated carbocycles. The number of aliphatic hydroxyl groups excluding tert-OH is 1. The number of anilines is 1. The van der Waals surface area contributed by atoms with Crippen LogP contribution in [0.1, 0.15) is 5.82 Å². The van der Waals surface area contributed by atoms with Gasteiger partial charge in [-0.05, 0) is 30.3 Å². The highest BCUT2D eigenvalue weighted by Crippen LogP contribution is 2.32. The quantitative estimate of drug-likeness (QED) is 0.700. The molecule has 0 spiro atoms. The van der Waals surface area contributed by atoms with Crippen molar-refractivity contribution >= 4 is 44.1 Å². The molecule has 1 aliphatic heterocycles. The van der Waals surface area contributed by atoms with Gasteiger partial charge in [-0.3, -0.25) is 5.41 Å². The first-order chi connectivity index (χ1) is 11.6. The first kappa shape index (κ1) is 15.0. The van der Waals surface area contributed by atoms with E-state index < -0.39 is 0 Å². The van der Waals surface area contributed by atoms with E-state index in [4.69, 9.17) is 5.41 Å². The van der Waals surface area contributed by atoms with Crippen LogP contribution in [-0.2, 0) is 7.05 Å². The molecule has 1 aliphatic rings. The minimum Gasteiger partial charge on any atom is -0.509 e. The summed E-state index contributed by atoms with van der Waals surface area (Å²) in [6, 6.07) is 15.5. The van der Waals surface area contributed by atoms with E-state index in [1.807, 2.05) is 60.1 Å². The van der Waals surface area contributed by atoms with Gasteiger partial charge in [0.1, 0.15) is 17.4 Å². The molecule has 6 heteroatoms. The van der Waals surface area contributed by atoms with Crippen LogP contribution < -0.4 is 4.90 Å². The number of fused-ring (bicyclic) bond motifs is 1. The molecule has 2 aromatic carbocycles. The van der Waals surface area contributed by atoms with Gasteiger partial charge in [0.15, 0.2) is 0 Å². The Morgan fingerprint density at radius 3 is 2.71 bits per heavy atom. The zero-order chi connectivity index (χ0) is 16.8. The second-order valence-electron chi connectivity index (χ2n) is 5.72. The summed E-state index contributed by atoms with van der Waals surface area (Å²) in [5, 5.41) is 19.0. The highest BCUT2D eigenvalue weighted by atomic mass is 79.9. The predicted octanol–water partition coefficient (Wildman–Crippen LogP) is 4.10. The number of aryl methyl sites for hydroxylation is 1. The second kappa shape index (κ2) is 5.49. The van der Waals surface area contributed by atoms with Crippen molar-refractivity contribution in [1.82, 2.24) is 9.55 Å². The third kappa shape index (κ3) is 2.22. The Kier molecular flexibility index (Phi) is 3.42. The van der Waals surface area contributed by atoms with E-state index in [-0.39, 0.29) is 18.1 Å². The molecule has 5 nitrogen and oxygen atoms in total. The number of halogens is 1. The predicted molar refractivity (Wildman–Crippen MR) is 99.5 cm³/mol. The van der Waals surface area contributed by atoms with E-state index in [0.29, 0.717) is 11.4 Å². The largest absolute Gasteiger partial charge is 0.509 e. The van der Waals surface area contributed by atoms with Crippen LogP contribution in [0.5, 0.6) is 0 Å². The molecule has 3 aromatic rings. The van der Waals surface area contributed by atoms with Gasteiger partial charge in [0.2, 0.25) is 0 Å². The summed E-state index contributed by atoms with van der Waals surface area (Å²) in [5.41, 5.74) is 3.16. The van der Waals surface area contributed by atoms with Crippen LogP contribution in [-0.4, -0.2) is 27.0 Å². The number of rotatable bonds is 2. The SMILES string of the molecule is Cn1c(C2=C(O)CN(c3cccc(Br)c3)C2=N)nc2ccccc21. The van der Waals surface area contributed by atoms with Gasteiger partial charge in [-0.1, -0.05) is 34.1 Å². The fraction of sp³-hybridized carbons (Fsp3) is 0.111. The average Bonchev–Trinajstić information content (AvgIpc) is 3.05. The zero-order valence-corrected chi connectivity index (χ0v) is 14.6. The molecule has 0 aliphatic carbocycles. The maximum atomic E-state index is 10.5. The third-order valence-corrected chi connectivity index (χ3v) is 4.73. The molecule has 2 heterocycles. The van der Waals surface area contributed by atoms with Gasteiger partial charge >= 0.3 is 0 Å². The number of benzene rings is 2. The third-order valence-electron chi connectivity index (χ3n) is 4.23. The Hall–Kier alpha value is -2.60. The Bertz CT molecular complexity index is 1010. The number of nitrogens with zero attached hydrogens (tertiary/aromatic N) is 3. The number of para-hydroxylation sites is 2. The zero-order valence-electron chi connectivity index (χ0n) is 13.0. The highest BCUT2D eigenvalue weighted by molar-refractivity contribution is 9.10. The maximum Gasteiger partial charge on any atom is 0.148 e. The van der Waals surface area contributed by atoms with Crippen LogP contribution in [0.15, 0.2) is 58.8 Å². The number of aromatic nitrogens is 2. The molecular weight excluding hydrogens is 368 g/mol. The standard InChI is InChI=1S/C18H15BrN4O/c1-22-14-8-3-2-7-13(14)21-18(22)16-15(24)10-23(17(16)20)12-6-4-5-11(19)9-12/h2-9,20,24H,10H2,1H3. The van der Waals surface area contributed by atoms with Crippen molar-refractivity contribution in [1.29, 1.82) is 5.41 Å². The summed E-state index contributed by atoms with van der Waals surface area (Å²) in [5.74, 6) is 1.03. The lowest BCUT2D eigenvalue weighted by molar-refractivity contribution is 0.411. The van der Waals surface area contributed by atoms with Gasteiger partial charge < -0.3 is 14.6 Å². The van der Waals surface area contributed by atoms with Gasteiger partial charge in [0, 0.05) is 17.2 Å². The van der Waals surface area contributed by atoms with E-state index in [1.54, 1.807) is 4.90 Å². The first-order valence-electron chi connectivity index (χ1n) is 7.52. The summed E-state index contributed by atoms with van der Waals surface area (Å²) in [6.07, 6.45) is 0. The van der Waals surface area contributed by atoms with Crippen molar-refractivity contribution in [2.24, 2.45) is 7.05 Å². The van der Waals surface area contributed by atoms with Crippen molar-refractivity contribution in [3.63, 3.8) is 0 Å². The summed E-state index contributed by atoms with van der Waals surface area (Å²) in [7, 11) is 1.90. The smallest absolute Gasteiger partial charge is 0.148 e. The molecule has 0 saturated heterocycles. The van der Waals surface area contributed by atoms with Crippen molar-refractivity contribution in [2.45, 2.75) is 0 Å². The molecule has 0 radical (unpaired) electrons. The highest BCUT2D eigenvalue weighted by Gasteiger charge is 2.32. The molecule has 2 N–H and O–H groups in total. The Balaban J connectivity index is 1.79. The lowest BCUT2D eigenvalue weighted by Gasteiger charge is -2.19. The van der Waals surface area contributed by atoms with Gasteiger partial charge in [-0.25, -0.2) is 4.98 Å². The van der Waals surface area contributed by atoms with Gasteiger partial charge in [-0.2, -0.15) is 0 Å². The molecule has 24 heavy (non-hydrogen) atoms. The topological polar surface area (TPSA) is 65.1 Å². The number of nitrogens with one attached hydrogen (secondary N) is 1. The van der Waals surface area contributed by atoms with Crippen molar-refractivity contribution < 1.29 is 5.11 Å². The second-order valence-corrected chi connectivity index (χ2v) is 6.64. The van der Waals surface area contributed by atoms with Crippen LogP contribution in [0.25, 0.3) is 16.6 Å². The maximum absolute atomic E-state index is 10.5. The number of amidine groups is 1. The van der Waals surface area contributed by atoms with Gasteiger partial charge in [-0.15, -0.1) is 0 Å².